The van der Waals surface area contributed by atoms with Gasteiger partial charge in [0.05, 0.1) is 36.6 Å². The van der Waals surface area contributed by atoms with Crippen molar-refractivity contribution in [2.75, 3.05) is 0 Å². The van der Waals surface area contributed by atoms with Crippen molar-refractivity contribution >= 4 is 11.9 Å². The predicted molar refractivity (Wildman–Crippen MR) is 135 cm³/mol. The monoisotopic (exact) mass is 538 g/mol. The van der Waals surface area contributed by atoms with E-state index >= 15 is 0 Å². The number of aliphatic hydroxyl groups excluding tert-OH is 3. The number of carbonyl (C=O) groups is 2. The van der Waals surface area contributed by atoms with Crippen LogP contribution in [-0.4, -0.2) is 92.9 Å². The van der Waals surface area contributed by atoms with Gasteiger partial charge >= 0.3 is 11.9 Å². The highest BCUT2D eigenvalue weighted by Gasteiger charge is 2.63. The first kappa shape index (κ1) is 29.2. The lowest BCUT2D eigenvalue weighted by atomic mass is 9.83. The number of esters is 2. The van der Waals surface area contributed by atoms with Gasteiger partial charge in [-0.1, -0.05) is 38.2 Å². The van der Waals surface area contributed by atoms with Crippen LogP contribution in [0, 0.1) is 11.8 Å². The summed E-state index contributed by atoms with van der Waals surface area (Å²) in [5.74, 6) is -1.53. The maximum absolute atomic E-state index is 13.0. The summed E-state index contributed by atoms with van der Waals surface area (Å²) in [4.78, 5) is 24.9. The Hall–Kier alpha value is -1.82. The highest BCUT2D eigenvalue weighted by molar-refractivity contribution is 5.84. The van der Waals surface area contributed by atoms with Crippen molar-refractivity contribution in [2.24, 2.45) is 11.8 Å². The van der Waals surface area contributed by atoms with Crippen LogP contribution in [0.2, 0.25) is 0 Å². The zero-order valence-electron chi connectivity index (χ0n) is 22.3. The van der Waals surface area contributed by atoms with E-state index in [0.717, 1.165) is 6.92 Å². The van der Waals surface area contributed by atoms with Crippen molar-refractivity contribution < 1.29 is 49.0 Å². The van der Waals surface area contributed by atoms with E-state index in [9.17, 15) is 30.0 Å². The van der Waals surface area contributed by atoms with E-state index in [-0.39, 0.29) is 43.3 Å². The van der Waals surface area contributed by atoms with Gasteiger partial charge in [0.1, 0.15) is 18.3 Å². The van der Waals surface area contributed by atoms with E-state index in [2.05, 4.69) is 19.9 Å². The normalized spacial score (nSPS) is 48.1. The predicted octanol–water partition coefficient (Wildman–Crippen LogP) is 1.32. The Labute approximate surface area is 223 Å². The van der Waals surface area contributed by atoms with Crippen LogP contribution in [0.25, 0.3) is 0 Å². The quantitative estimate of drug-likeness (QED) is 0.360. The molecular weight excluding hydrogens is 496 g/mol. The van der Waals surface area contributed by atoms with Crippen LogP contribution in [0.4, 0.5) is 0 Å². The molecule has 0 radical (unpaired) electrons. The van der Waals surface area contributed by atoms with Gasteiger partial charge in [-0.15, -0.1) is 0 Å². The van der Waals surface area contributed by atoms with E-state index in [1.165, 1.54) is 0 Å². The average Bonchev–Trinajstić information content (AvgIpc) is 3.30. The minimum Gasteiger partial charge on any atom is -0.459 e. The number of rotatable bonds is 1. The molecule has 0 aromatic rings. The van der Waals surface area contributed by atoms with Crippen LogP contribution in [0.5, 0.6) is 0 Å². The van der Waals surface area contributed by atoms with Crippen LogP contribution in [0.3, 0.4) is 0 Å². The summed E-state index contributed by atoms with van der Waals surface area (Å²) in [6.45, 7) is 5.25. The molecule has 0 aromatic carbocycles. The van der Waals surface area contributed by atoms with Crippen molar-refractivity contribution in [2.45, 2.75) is 126 Å². The molecule has 4 N–H and O–H groups in total. The molecule has 4 aliphatic rings. The Bertz CT molecular complexity index is 904. The summed E-state index contributed by atoms with van der Waals surface area (Å²) < 4.78 is 23.0. The zero-order chi connectivity index (χ0) is 27.6. The minimum absolute atomic E-state index is 0.0855. The molecule has 4 heterocycles. The third-order valence-electron chi connectivity index (χ3n) is 8.30. The second-order valence-electron chi connectivity index (χ2n) is 11.5. The van der Waals surface area contributed by atoms with Crippen LogP contribution in [0.15, 0.2) is 24.3 Å². The lowest BCUT2D eigenvalue weighted by Crippen LogP contribution is -2.58. The fraction of sp³-hybridized carbons (Fsp3) is 0.786. The number of ether oxygens (including phenoxy) is 4. The van der Waals surface area contributed by atoms with Crippen molar-refractivity contribution in [3.8, 4) is 0 Å². The Morgan fingerprint density at radius 2 is 1.66 bits per heavy atom. The van der Waals surface area contributed by atoms with E-state index in [1.54, 1.807) is 0 Å². The van der Waals surface area contributed by atoms with Crippen LogP contribution in [-0.2, 0) is 28.5 Å². The number of aliphatic hydroxyl groups is 4. The van der Waals surface area contributed by atoms with Crippen molar-refractivity contribution in [3.05, 3.63) is 24.3 Å². The Morgan fingerprint density at radius 1 is 0.947 bits per heavy atom. The summed E-state index contributed by atoms with van der Waals surface area (Å²) >= 11 is 0. The molecule has 214 valence electrons. The van der Waals surface area contributed by atoms with Crippen LogP contribution in [0.1, 0.15) is 65.7 Å². The van der Waals surface area contributed by atoms with Gasteiger partial charge in [0.25, 0.3) is 0 Å². The Morgan fingerprint density at radius 3 is 2.37 bits per heavy atom. The molecule has 38 heavy (non-hydrogen) atoms. The van der Waals surface area contributed by atoms with Gasteiger partial charge in [0, 0.05) is 19.8 Å². The SMILES string of the molecule is CC(=O)O[C@H]1C[C@H]2C[C@@H](O)C[C@@H](C[C@@H](C)/C=C\C=C/C[C@H]3O[C@H](C[C@H]3C)[C@H](O)C[C@H]3OC(=O)[C@@]1(O)[C@H]3O)O2. The molecule has 3 fully saturated rings. The number of carbonyl (C=O) groups excluding carboxylic acids is 2. The largest absolute Gasteiger partial charge is 0.459 e. The highest BCUT2D eigenvalue weighted by atomic mass is 16.6. The lowest BCUT2D eigenvalue weighted by molar-refractivity contribution is -0.193. The molecule has 4 rings (SSSR count). The molecule has 0 aliphatic carbocycles. The first-order chi connectivity index (χ1) is 18.0. The summed E-state index contributed by atoms with van der Waals surface area (Å²) in [7, 11) is 0. The maximum Gasteiger partial charge on any atom is 0.345 e. The van der Waals surface area contributed by atoms with E-state index < -0.39 is 60.3 Å². The van der Waals surface area contributed by atoms with Crippen molar-refractivity contribution in [1.82, 2.24) is 0 Å². The first-order valence-electron chi connectivity index (χ1n) is 13.8. The summed E-state index contributed by atoms with van der Waals surface area (Å²) in [6, 6.07) is 0. The highest BCUT2D eigenvalue weighted by Crippen LogP contribution is 2.39. The Kier molecular flexibility index (Phi) is 9.32. The number of fused-ring (bicyclic) bond motifs is 6. The number of allylic oxidation sites excluding steroid dienone is 3. The number of hydrogen-bond donors (Lipinski definition) is 4. The molecule has 3 saturated heterocycles. The van der Waals surface area contributed by atoms with Crippen molar-refractivity contribution in [3.63, 3.8) is 0 Å². The second kappa shape index (κ2) is 12.1. The van der Waals surface area contributed by atoms with Gasteiger partial charge in [-0.3, -0.25) is 4.79 Å². The second-order valence-corrected chi connectivity index (χ2v) is 11.5. The van der Waals surface area contributed by atoms with Crippen LogP contribution < -0.4 is 0 Å². The van der Waals surface area contributed by atoms with Gasteiger partial charge in [-0.25, -0.2) is 4.79 Å². The smallest absolute Gasteiger partial charge is 0.345 e. The molecule has 6 bridgehead atoms. The lowest BCUT2D eigenvalue weighted by Gasteiger charge is -2.38. The van der Waals surface area contributed by atoms with Crippen LogP contribution >= 0.6 is 0 Å². The molecule has 10 heteroatoms. The molecule has 0 amide bonds. The van der Waals surface area contributed by atoms with Crippen molar-refractivity contribution in [1.29, 1.82) is 0 Å². The third kappa shape index (κ3) is 6.48. The van der Waals surface area contributed by atoms with Gasteiger partial charge in [-0.2, -0.15) is 0 Å². The zero-order valence-corrected chi connectivity index (χ0v) is 22.3. The standard InChI is InChI=1S/C28H42O10/c1-15-7-5-4-6-8-22-16(2)10-23(37-22)21(31)14-24-26(32)28(34,27(33)38-24)25(35-17(3)29)13-20-12-18(30)11-19(9-15)36-20/h4-7,15-16,18-26,30-32,34H,8-14H2,1-3H3/b6-4-,7-5-/t15-,16+,18-,19+,20+,21+,22+,23+,24+,25-,26-,28-/m0/s1. The minimum atomic E-state index is -2.55. The van der Waals surface area contributed by atoms with Gasteiger partial charge < -0.3 is 39.4 Å². The molecule has 0 saturated carbocycles. The molecule has 12 atom stereocenters. The third-order valence-corrected chi connectivity index (χ3v) is 8.30. The fourth-order valence-corrected chi connectivity index (χ4v) is 6.24. The topological polar surface area (TPSA) is 152 Å². The molecule has 4 aliphatic heterocycles. The van der Waals surface area contributed by atoms with Gasteiger partial charge in [-0.05, 0) is 43.9 Å². The molecular formula is C28H42O10. The number of hydrogen-bond acceptors (Lipinski definition) is 10. The first-order valence-corrected chi connectivity index (χ1v) is 13.8. The summed E-state index contributed by atoms with van der Waals surface area (Å²) in [5, 5.41) is 44.0. The van der Waals surface area contributed by atoms with E-state index in [0.29, 0.717) is 25.7 Å². The molecule has 10 nitrogen and oxygen atoms in total. The van der Waals surface area contributed by atoms with Gasteiger partial charge in [0.15, 0.2) is 0 Å². The molecule has 0 spiro atoms. The Balaban J connectivity index is 1.61. The summed E-state index contributed by atoms with van der Waals surface area (Å²) in [6.07, 6.45) is 2.72. The van der Waals surface area contributed by atoms with Gasteiger partial charge in [0.2, 0.25) is 5.60 Å². The van der Waals surface area contributed by atoms with E-state index in [1.807, 2.05) is 18.2 Å². The molecule has 0 unspecified atom stereocenters. The van der Waals surface area contributed by atoms with E-state index in [4.69, 9.17) is 18.9 Å². The maximum atomic E-state index is 13.0. The fourth-order valence-electron chi connectivity index (χ4n) is 6.24. The summed E-state index contributed by atoms with van der Waals surface area (Å²) in [5.41, 5.74) is -2.55. The average molecular weight is 539 g/mol. The molecule has 0 aromatic heterocycles.